The highest BCUT2D eigenvalue weighted by atomic mass is 35.5. The molecule has 0 bridgehead atoms. The van der Waals surface area contributed by atoms with Gasteiger partial charge in [0.1, 0.15) is 0 Å². The summed E-state index contributed by atoms with van der Waals surface area (Å²) in [5.41, 5.74) is 0.767. The molecule has 22 heavy (non-hydrogen) atoms. The van der Waals surface area contributed by atoms with Crippen LogP contribution in [-0.4, -0.2) is 34.2 Å². The molecule has 1 aliphatic rings. The van der Waals surface area contributed by atoms with Crippen molar-refractivity contribution in [2.24, 2.45) is 5.92 Å². The Hall–Kier alpha value is -2.21. The van der Waals surface area contributed by atoms with Gasteiger partial charge in [-0.1, -0.05) is 11.6 Å². The van der Waals surface area contributed by atoms with Crippen LogP contribution in [0.5, 0.6) is 0 Å². The minimum atomic E-state index is -0.0700. The summed E-state index contributed by atoms with van der Waals surface area (Å²) in [6.07, 6.45) is 5.13. The second-order valence-corrected chi connectivity index (χ2v) is 5.61. The lowest BCUT2D eigenvalue weighted by atomic mass is 9.97. The molecule has 2 aromatic heterocycles. The number of amides is 1. The lowest BCUT2D eigenvalue weighted by molar-refractivity contribution is -0.120. The van der Waals surface area contributed by atoms with Gasteiger partial charge in [0.2, 0.25) is 5.91 Å². The molecule has 2 aromatic rings. The van der Waals surface area contributed by atoms with Gasteiger partial charge in [-0.2, -0.15) is 0 Å². The van der Waals surface area contributed by atoms with Crippen LogP contribution in [0.2, 0.25) is 5.15 Å². The third kappa shape index (κ3) is 3.51. The van der Waals surface area contributed by atoms with Gasteiger partial charge < -0.3 is 10.2 Å². The summed E-state index contributed by atoms with van der Waals surface area (Å²) in [5, 5.41) is 11.2. The molecule has 0 spiro atoms. The lowest BCUT2D eigenvalue weighted by Crippen LogP contribution is -2.41. The van der Waals surface area contributed by atoms with E-state index in [1.54, 1.807) is 30.6 Å². The number of hydrogen-bond donors (Lipinski definition) is 1. The molecule has 0 aromatic carbocycles. The van der Waals surface area contributed by atoms with Crippen LogP contribution in [-0.2, 0) is 4.79 Å². The first-order chi connectivity index (χ1) is 10.7. The first-order valence-electron chi connectivity index (χ1n) is 7.17. The van der Waals surface area contributed by atoms with E-state index in [0.29, 0.717) is 11.7 Å². The van der Waals surface area contributed by atoms with E-state index in [2.05, 4.69) is 25.4 Å². The molecule has 0 saturated carbocycles. The zero-order chi connectivity index (χ0) is 15.4. The maximum absolute atomic E-state index is 12.4. The standard InChI is InChI=1S/C15H16ClN5O/c16-13-3-4-14(20-19-13)21-9-1-2-11(10-21)15(22)18-12-5-7-17-8-6-12/h3-8,11H,1-2,9-10H2,(H,17,18,22)/t11-/m1/s1. The number of carbonyl (C=O) groups is 1. The molecule has 0 radical (unpaired) electrons. The zero-order valence-corrected chi connectivity index (χ0v) is 12.7. The Morgan fingerprint density at radius 2 is 2.05 bits per heavy atom. The van der Waals surface area contributed by atoms with Gasteiger partial charge in [-0.3, -0.25) is 9.78 Å². The first-order valence-corrected chi connectivity index (χ1v) is 7.55. The SMILES string of the molecule is O=C(Nc1ccncc1)[C@@H]1CCCN(c2ccc(Cl)nn2)C1. The van der Waals surface area contributed by atoms with E-state index >= 15 is 0 Å². The zero-order valence-electron chi connectivity index (χ0n) is 11.9. The van der Waals surface area contributed by atoms with Gasteiger partial charge in [0.15, 0.2) is 11.0 Å². The number of aromatic nitrogens is 3. The number of anilines is 2. The van der Waals surface area contributed by atoms with Crippen molar-refractivity contribution in [1.82, 2.24) is 15.2 Å². The van der Waals surface area contributed by atoms with E-state index in [4.69, 9.17) is 11.6 Å². The number of hydrogen-bond acceptors (Lipinski definition) is 5. The molecule has 0 unspecified atom stereocenters. The highest BCUT2D eigenvalue weighted by Crippen LogP contribution is 2.23. The van der Waals surface area contributed by atoms with Crippen LogP contribution in [0, 0.1) is 5.92 Å². The molecule has 1 N–H and O–H groups in total. The van der Waals surface area contributed by atoms with E-state index in [1.807, 2.05) is 6.07 Å². The summed E-state index contributed by atoms with van der Waals surface area (Å²) >= 11 is 5.76. The van der Waals surface area contributed by atoms with Crippen molar-refractivity contribution in [3.8, 4) is 0 Å². The minimum absolute atomic E-state index is 0.0258. The van der Waals surface area contributed by atoms with E-state index in [1.165, 1.54) is 0 Å². The molecule has 3 rings (SSSR count). The van der Waals surface area contributed by atoms with E-state index in [0.717, 1.165) is 30.9 Å². The predicted molar refractivity (Wildman–Crippen MR) is 84.8 cm³/mol. The van der Waals surface area contributed by atoms with Crippen LogP contribution in [0.25, 0.3) is 0 Å². The van der Waals surface area contributed by atoms with Gasteiger partial charge in [-0.25, -0.2) is 0 Å². The van der Waals surface area contributed by atoms with Crippen molar-refractivity contribution in [3.05, 3.63) is 41.8 Å². The maximum atomic E-state index is 12.4. The molecular weight excluding hydrogens is 302 g/mol. The second-order valence-electron chi connectivity index (χ2n) is 5.22. The van der Waals surface area contributed by atoms with Gasteiger partial charge in [0.05, 0.1) is 5.92 Å². The van der Waals surface area contributed by atoms with Gasteiger partial charge in [-0.05, 0) is 37.1 Å². The largest absolute Gasteiger partial charge is 0.354 e. The Morgan fingerprint density at radius 1 is 1.23 bits per heavy atom. The number of nitrogens with zero attached hydrogens (tertiary/aromatic N) is 4. The van der Waals surface area contributed by atoms with E-state index < -0.39 is 0 Å². The third-order valence-electron chi connectivity index (χ3n) is 3.68. The second kappa shape index (κ2) is 6.70. The molecule has 114 valence electrons. The summed E-state index contributed by atoms with van der Waals surface area (Å²) in [6, 6.07) is 7.11. The van der Waals surface area contributed by atoms with Crippen LogP contribution in [0.15, 0.2) is 36.7 Å². The van der Waals surface area contributed by atoms with Crippen molar-refractivity contribution < 1.29 is 4.79 Å². The van der Waals surface area contributed by atoms with E-state index in [-0.39, 0.29) is 11.8 Å². The summed E-state index contributed by atoms with van der Waals surface area (Å²) in [6.45, 7) is 1.50. The Kier molecular flexibility index (Phi) is 4.48. The first kappa shape index (κ1) is 14.7. The fraction of sp³-hybridized carbons (Fsp3) is 0.333. The fourth-order valence-corrected chi connectivity index (χ4v) is 2.66. The molecular formula is C15H16ClN5O. The number of piperidine rings is 1. The third-order valence-corrected chi connectivity index (χ3v) is 3.88. The Labute approximate surface area is 133 Å². The van der Waals surface area contributed by atoms with Crippen molar-refractivity contribution >= 4 is 29.0 Å². The quantitative estimate of drug-likeness (QED) is 0.941. The smallest absolute Gasteiger partial charge is 0.229 e. The van der Waals surface area contributed by atoms with Crippen molar-refractivity contribution in [2.75, 3.05) is 23.3 Å². The molecule has 1 atom stereocenters. The van der Waals surface area contributed by atoms with Crippen LogP contribution >= 0.6 is 11.6 Å². The number of rotatable bonds is 3. The summed E-state index contributed by atoms with van der Waals surface area (Å²) < 4.78 is 0. The Balaban J connectivity index is 1.65. The number of nitrogens with one attached hydrogen (secondary N) is 1. The average molecular weight is 318 g/mol. The highest BCUT2D eigenvalue weighted by Gasteiger charge is 2.26. The molecule has 3 heterocycles. The van der Waals surface area contributed by atoms with Gasteiger partial charge in [0.25, 0.3) is 0 Å². The van der Waals surface area contributed by atoms with Crippen molar-refractivity contribution in [3.63, 3.8) is 0 Å². The number of halogens is 1. The molecule has 0 aliphatic carbocycles. The molecule has 1 saturated heterocycles. The minimum Gasteiger partial charge on any atom is -0.354 e. The fourth-order valence-electron chi connectivity index (χ4n) is 2.56. The Morgan fingerprint density at radius 3 is 2.77 bits per heavy atom. The van der Waals surface area contributed by atoms with E-state index in [9.17, 15) is 4.79 Å². The summed E-state index contributed by atoms with van der Waals surface area (Å²) in [5.74, 6) is 0.711. The molecule has 6 nitrogen and oxygen atoms in total. The lowest BCUT2D eigenvalue weighted by Gasteiger charge is -2.32. The predicted octanol–water partition coefficient (Wildman–Crippen LogP) is 2.38. The summed E-state index contributed by atoms with van der Waals surface area (Å²) in [7, 11) is 0. The average Bonchev–Trinajstić information content (AvgIpc) is 2.56. The topological polar surface area (TPSA) is 71.0 Å². The van der Waals surface area contributed by atoms with Crippen molar-refractivity contribution in [1.29, 1.82) is 0 Å². The Bertz CT molecular complexity index is 634. The van der Waals surface area contributed by atoms with Gasteiger partial charge in [0, 0.05) is 31.2 Å². The van der Waals surface area contributed by atoms with Gasteiger partial charge >= 0.3 is 0 Å². The summed E-state index contributed by atoms with van der Waals surface area (Å²) in [4.78, 5) is 18.4. The van der Waals surface area contributed by atoms with Crippen LogP contribution in [0.3, 0.4) is 0 Å². The maximum Gasteiger partial charge on any atom is 0.229 e. The van der Waals surface area contributed by atoms with Crippen LogP contribution in [0.4, 0.5) is 11.5 Å². The monoisotopic (exact) mass is 317 g/mol. The number of carbonyl (C=O) groups excluding carboxylic acids is 1. The molecule has 1 fully saturated rings. The highest BCUT2D eigenvalue weighted by molar-refractivity contribution is 6.29. The van der Waals surface area contributed by atoms with Crippen LogP contribution in [0.1, 0.15) is 12.8 Å². The number of pyridine rings is 1. The van der Waals surface area contributed by atoms with Crippen LogP contribution < -0.4 is 10.2 Å². The van der Waals surface area contributed by atoms with Crippen molar-refractivity contribution in [2.45, 2.75) is 12.8 Å². The molecule has 1 amide bonds. The normalized spacial score (nSPS) is 18.0. The molecule has 1 aliphatic heterocycles. The molecule has 7 heteroatoms. The van der Waals surface area contributed by atoms with Gasteiger partial charge in [-0.15, -0.1) is 10.2 Å².